The first kappa shape index (κ1) is 18.1. The normalized spacial score (nSPS) is 24.0. The fourth-order valence-corrected chi connectivity index (χ4v) is 4.08. The lowest BCUT2D eigenvalue weighted by Gasteiger charge is -2.48. The molecule has 2 fully saturated rings. The lowest BCUT2D eigenvalue weighted by Crippen LogP contribution is -2.69. The fraction of sp³-hybridized carbons (Fsp3) is 0.526. The Kier molecular flexibility index (Phi) is 4.49. The molecule has 3 aliphatic heterocycles. The summed E-state index contributed by atoms with van der Waals surface area (Å²) in [4.78, 5) is 39.9. The second kappa shape index (κ2) is 6.70. The van der Waals surface area contributed by atoms with Gasteiger partial charge in [0.1, 0.15) is 6.04 Å². The van der Waals surface area contributed by atoms with E-state index in [9.17, 15) is 19.5 Å². The van der Waals surface area contributed by atoms with Crippen molar-refractivity contribution >= 4 is 17.7 Å². The van der Waals surface area contributed by atoms with Gasteiger partial charge in [-0.25, -0.2) is 0 Å². The number of rotatable bonds is 5. The summed E-state index contributed by atoms with van der Waals surface area (Å²) in [5.74, 6) is -0.835. The number of likely N-dealkylation sites (N-methyl/N-ethyl adjacent to an activating group) is 1. The van der Waals surface area contributed by atoms with Crippen molar-refractivity contribution in [2.45, 2.75) is 37.5 Å². The van der Waals surface area contributed by atoms with Crippen LogP contribution in [0.15, 0.2) is 18.2 Å². The molecule has 0 aromatic heterocycles. The lowest BCUT2D eigenvalue weighted by molar-refractivity contribution is -0.136. The first-order valence-electron chi connectivity index (χ1n) is 9.23. The molecule has 3 heterocycles. The molecular weight excluding hydrogens is 348 g/mol. The number of carbonyl (C=O) groups excluding carboxylic acids is 3. The predicted molar refractivity (Wildman–Crippen MR) is 96.6 cm³/mol. The Morgan fingerprint density at radius 1 is 1.30 bits per heavy atom. The molecule has 1 aromatic rings. The molecule has 3 aliphatic rings. The molecule has 144 valence electrons. The molecular formula is C19H24N4O4. The first-order chi connectivity index (χ1) is 12.9. The number of hydrogen-bond donors (Lipinski definition) is 3. The number of nitrogens with zero attached hydrogens (tertiary/aromatic N) is 2. The van der Waals surface area contributed by atoms with Gasteiger partial charge in [-0.3, -0.25) is 24.6 Å². The van der Waals surface area contributed by atoms with E-state index in [1.54, 1.807) is 4.90 Å². The van der Waals surface area contributed by atoms with Gasteiger partial charge in [-0.1, -0.05) is 12.1 Å². The molecule has 0 radical (unpaired) electrons. The standard InChI is InChI=1S/C19H24N4O4/c1-22(19(11-24)9-20-10-19)7-12-2-3-14-13(6-12)8-23(18(14)27)15-4-5-16(25)21-17(15)26/h2-3,6,15,20,24H,4-5,7-11H2,1H3,(H,21,25,26). The molecule has 1 aromatic carbocycles. The van der Waals surface area contributed by atoms with Gasteiger partial charge < -0.3 is 15.3 Å². The maximum absolute atomic E-state index is 12.7. The number of aliphatic hydroxyl groups excluding tert-OH is 1. The van der Waals surface area contributed by atoms with Gasteiger partial charge in [-0.2, -0.15) is 0 Å². The summed E-state index contributed by atoms with van der Waals surface area (Å²) in [5.41, 5.74) is 2.36. The van der Waals surface area contributed by atoms with Gasteiger partial charge in [0.25, 0.3) is 5.91 Å². The van der Waals surface area contributed by atoms with Crippen molar-refractivity contribution in [2.75, 3.05) is 26.7 Å². The maximum atomic E-state index is 12.7. The number of imide groups is 1. The summed E-state index contributed by atoms with van der Waals surface area (Å²) in [7, 11) is 1.99. The molecule has 3 N–H and O–H groups in total. The maximum Gasteiger partial charge on any atom is 0.255 e. The van der Waals surface area contributed by atoms with Crippen LogP contribution in [-0.2, 0) is 22.7 Å². The number of benzene rings is 1. The van der Waals surface area contributed by atoms with Crippen LogP contribution >= 0.6 is 0 Å². The average molecular weight is 372 g/mol. The van der Waals surface area contributed by atoms with Crippen LogP contribution in [0.1, 0.15) is 34.3 Å². The van der Waals surface area contributed by atoms with Crippen LogP contribution in [0.3, 0.4) is 0 Å². The van der Waals surface area contributed by atoms with Crippen molar-refractivity contribution < 1.29 is 19.5 Å². The number of carbonyl (C=O) groups is 3. The van der Waals surface area contributed by atoms with Gasteiger partial charge in [0, 0.05) is 38.2 Å². The molecule has 3 amide bonds. The minimum atomic E-state index is -0.590. The smallest absolute Gasteiger partial charge is 0.255 e. The Balaban J connectivity index is 1.49. The number of amides is 3. The van der Waals surface area contributed by atoms with Gasteiger partial charge in [-0.15, -0.1) is 0 Å². The van der Waals surface area contributed by atoms with E-state index < -0.39 is 11.9 Å². The molecule has 8 heteroatoms. The van der Waals surface area contributed by atoms with E-state index in [0.29, 0.717) is 25.1 Å². The van der Waals surface area contributed by atoms with Crippen LogP contribution in [0.4, 0.5) is 0 Å². The van der Waals surface area contributed by atoms with Crippen LogP contribution < -0.4 is 10.6 Å². The van der Waals surface area contributed by atoms with Crippen LogP contribution in [0, 0.1) is 0 Å². The van der Waals surface area contributed by atoms with E-state index in [-0.39, 0.29) is 30.4 Å². The molecule has 0 saturated carbocycles. The van der Waals surface area contributed by atoms with Gasteiger partial charge in [0.15, 0.2) is 0 Å². The van der Waals surface area contributed by atoms with Crippen molar-refractivity contribution in [3.8, 4) is 0 Å². The van der Waals surface area contributed by atoms with Crippen molar-refractivity contribution in [1.82, 2.24) is 20.4 Å². The Bertz CT molecular complexity index is 799. The van der Waals surface area contributed by atoms with Crippen LogP contribution in [0.5, 0.6) is 0 Å². The number of piperidine rings is 1. The highest BCUT2D eigenvalue weighted by Crippen LogP contribution is 2.29. The Hall–Kier alpha value is -2.29. The quantitative estimate of drug-likeness (QED) is 0.586. The molecule has 0 spiro atoms. The summed E-state index contributed by atoms with van der Waals surface area (Å²) in [5, 5.41) is 15.2. The first-order valence-corrected chi connectivity index (χ1v) is 9.23. The Morgan fingerprint density at radius 3 is 2.70 bits per heavy atom. The third kappa shape index (κ3) is 3.03. The highest BCUT2D eigenvalue weighted by Gasteiger charge is 2.41. The van der Waals surface area contributed by atoms with Crippen LogP contribution in [-0.4, -0.2) is 71.0 Å². The molecule has 1 unspecified atom stereocenters. The summed E-state index contributed by atoms with van der Waals surface area (Å²) in [6, 6.07) is 5.16. The molecule has 0 aliphatic carbocycles. The second-order valence-corrected chi connectivity index (χ2v) is 7.73. The summed E-state index contributed by atoms with van der Waals surface area (Å²) >= 11 is 0. The molecule has 0 bridgehead atoms. The molecule has 4 rings (SSSR count). The van der Waals surface area contributed by atoms with E-state index in [1.165, 1.54) is 0 Å². The monoisotopic (exact) mass is 372 g/mol. The molecule has 2 saturated heterocycles. The Labute approximate surface area is 157 Å². The number of aliphatic hydroxyl groups is 1. The summed E-state index contributed by atoms with van der Waals surface area (Å²) in [6.07, 6.45) is 0.621. The van der Waals surface area contributed by atoms with E-state index in [0.717, 1.165) is 24.2 Å². The van der Waals surface area contributed by atoms with Crippen molar-refractivity contribution in [1.29, 1.82) is 0 Å². The van der Waals surface area contributed by atoms with Gasteiger partial charge in [0.2, 0.25) is 11.8 Å². The third-order valence-corrected chi connectivity index (χ3v) is 6.02. The SMILES string of the molecule is CN(Cc1ccc2c(c1)CN(C1CCC(=O)NC1=O)C2=O)C1(CO)CNC1. The summed E-state index contributed by atoms with van der Waals surface area (Å²) in [6.45, 7) is 2.66. The second-order valence-electron chi connectivity index (χ2n) is 7.73. The fourth-order valence-electron chi connectivity index (χ4n) is 4.08. The highest BCUT2D eigenvalue weighted by molar-refractivity contribution is 6.05. The Morgan fingerprint density at radius 2 is 2.07 bits per heavy atom. The third-order valence-electron chi connectivity index (χ3n) is 6.02. The number of nitrogens with one attached hydrogen (secondary N) is 2. The number of hydrogen-bond acceptors (Lipinski definition) is 6. The molecule has 8 nitrogen and oxygen atoms in total. The topological polar surface area (TPSA) is 102 Å². The number of fused-ring (bicyclic) bond motifs is 1. The summed E-state index contributed by atoms with van der Waals surface area (Å²) < 4.78 is 0. The average Bonchev–Trinajstić information content (AvgIpc) is 2.90. The van der Waals surface area contributed by atoms with E-state index >= 15 is 0 Å². The largest absolute Gasteiger partial charge is 0.394 e. The van der Waals surface area contributed by atoms with Crippen molar-refractivity contribution in [2.24, 2.45) is 0 Å². The van der Waals surface area contributed by atoms with Gasteiger partial charge >= 0.3 is 0 Å². The van der Waals surface area contributed by atoms with Crippen molar-refractivity contribution in [3.63, 3.8) is 0 Å². The minimum Gasteiger partial charge on any atom is -0.394 e. The molecule has 27 heavy (non-hydrogen) atoms. The van der Waals surface area contributed by atoms with Gasteiger partial charge in [-0.05, 0) is 30.7 Å². The predicted octanol–water partition coefficient (Wildman–Crippen LogP) is -0.786. The van der Waals surface area contributed by atoms with Gasteiger partial charge in [0.05, 0.1) is 12.1 Å². The van der Waals surface area contributed by atoms with Crippen molar-refractivity contribution in [3.05, 3.63) is 34.9 Å². The zero-order valence-electron chi connectivity index (χ0n) is 15.3. The zero-order valence-corrected chi connectivity index (χ0v) is 15.3. The molecule has 1 atom stereocenters. The van der Waals surface area contributed by atoms with E-state index in [4.69, 9.17) is 0 Å². The van der Waals surface area contributed by atoms with Crippen LogP contribution in [0.25, 0.3) is 0 Å². The van der Waals surface area contributed by atoms with E-state index in [1.807, 2.05) is 25.2 Å². The van der Waals surface area contributed by atoms with E-state index in [2.05, 4.69) is 15.5 Å². The lowest BCUT2D eigenvalue weighted by atomic mass is 9.91. The van der Waals surface area contributed by atoms with Crippen LogP contribution in [0.2, 0.25) is 0 Å². The highest BCUT2D eigenvalue weighted by atomic mass is 16.3. The minimum absolute atomic E-state index is 0.100. The zero-order chi connectivity index (χ0) is 19.2.